The summed E-state index contributed by atoms with van der Waals surface area (Å²) in [7, 11) is 0. The first-order chi connectivity index (χ1) is 14.1. The molecule has 0 bridgehead atoms. The van der Waals surface area contributed by atoms with Gasteiger partial charge >= 0.3 is 18.2 Å². The molecule has 1 aliphatic rings. The maximum atomic E-state index is 13.5. The average Bonchev–Trinajstić information content (AvgIpc) is 2.58. The molecule has 0 aromatic heterocycles. The number of likely N-dealkylation sites (tertiary alicyclic amines) is 1. The van der Waals surface area contributed by atoms with Crippen molar-refractivity contribution in [2.24, 2.45) is 5.73 Å². The summed E-state index contributed by atoms with van der Waals surface area (Å²) in [6.45, 7) is 9.39. The van der Waals surface area contributed by atoms with E-state index in [0.717, 1.165) is 0 Å². The predicted molar refractivity (Wildman–Crippen MR) is 111 cm³/mol. The van der Waals surface area contributed by atoms with Crippen molar-refractivity contribution in [3.05, 3.63) is 34.5 Å². The first-order valence-electron chi connectivity index (χ1n) is 9.67. The number of carbonyl (C=O) groups is 2. The van der Waals surface area contributed by atoms with Gasteiger partial charge in [-0.25, -0.2) is 9.59 Å². The zero-order valence-corrected chi connectivity index (χ0v) is 18.6. The van der Waals surface area contributed by atoms with Gasteiger partial charge in [0.15, 0.2) is 0 Å². The fraction of sp³-hybridized carbons (Fsp3) is 0.600. The number of nitrogens with one attached hydrogen (secondary N) is 1. The number of piperidine rings is 1. The van der Waals surface area contributed by atoms with Crippen molar-refractivity contribution in [1.29, 1.82) is 0 Å². The van der Waals surface area contributed by atoms with Crippen LogP contribution in [0.3, 0.4) is 0 Å². The third-order valence-corrected chi connectivity index (χ3v) is 4.62. The second-order valence-electron chi connectivity index (χ2n) is 8.24. The first-order valence-corrected chi connectivity index (χ1v) is 10.1. The van der Waals surface area contributed by atoms with Gasteiger partial charge in [0.05, 0.1) is 16.3 Å². The summed E-state index contributed by atoms with van der Waals surface area (Å²) in [4.78, 5) is 25.1. The molecule has 0 aliphatic carbocycles. The number of allylic oxidation sites excluding steroid dienone is 1. The fourth-order valence-corrected chi connectivity index (χ4v) is 3.10. The van der Waals surface area contributed by atoms with Crippen LogP contribution in [0.1, 0.15) is 40.0 Å². The molecule has 0 aromatic rings. The van der Waals surface area contributed by atoms with E-state index in [9.17, 15) is 27.9 Å². The van der Waals surface area contributed by atoms with Crippen LogP contribution in [0.5, 0.6) is 0 Å². The van der Waals surface area contributed by atoms with Gasteiger partial charge in [-0.1, -0.05) is 18.2 Å². The largest absolute Gasteiger partial charge is 0.478 e. The van der Waals surface area contributed by atoms with Crippen LogP contribution < -0.4 is 11.1 Å². The Labute approximate surface area is 184 Å². The highest BCUT2D eigenvalue weighted by atomic mass is 35.5. The van der Waals surface area contributed by atoms with Gasteiger partial charge in [0.25, 0.3) is 0 Å². The number of ether oxygens (including phenoxy) is 1. The normalized spacial score (nSPS) is 19.5. The number of amides is 1. The van der Waals surface area contributed by atoms with E-state index < -0.39 is 47.1 Å². The molecule has 1 fully saturated rings. The highest BCUT2D eigenvalue weighted by Gasteiger charge is 2.35. The minimum Gasteiger partial charge on any atom is -0.478 e. The van der Waals surface area contributed by atoms with E-state index in [1.54, 1.807) is 25.7 Å². The number of nitrogens with zero attached hydrogens (tertiary/aromatic N) is 1. The lowest BCUT2D eigenvalue weighted by molar-refractivity contribution is -0.132. The Morgan fingerprint density at radius 3 is 2.45 bits per heavy atom. The zero-order valence-electron chi connectivity index (χ0n) is 17.8. The number of alkyl carbamates (subject to hydrolysis) is 1. The zero-order chi connectivity index (χ0) is 24.0. The topological polar surface area (TPSA) is 105 Å². The summed E-state index contributed by atoms with van der Waals surface area (Å²) >= 11 is 5.56. The summed E-state index contributed by atoms with van der Waals surface area (Å²) in [6, 6.07) is -0.258. The standard InChI is InChI=1S/C20H29ClF3N3O4/c1-12(21)16(25)15(17(28)29)10-13(20(22,23)24)7-9-27-8-5-6-14(11-27)26-18(30)31-19(2,3)4/h10,14H,1,5-9,11,25H2,2-4H3,(H,26,30)(H,28,29)/b13-10+,16-15-/t14-/m1/s1. The van der Waals surface area contributed by atoms with Crippen LogP contribution in [-0.4, -0.2) is 59.5 Å². The lowest BCUT2D eigenvalue weighted by atomic mass is 10.0. The molecule has 176 valence electrons. The van der Waals surface area contributed by atoms with Crippen LogP contribution >= 0.6 is 11.6 Å². The van der Waals surface area contributed by atoms with E-state index in [0.29, 0.717) is 32.0 Å². The van der Waals surface area contributed by atoms with Crippen molar-refractivity contribution < 1.29 is 32.6 Å². The molecule has 0 saturated carbocycles. The van der Waals surface area contributed by atoms with Gasteiger partial charge in [-0.05, 0) is 52.7 Å². The van der Waals surface area contributed by atoms with Crippen molar-refractivity contribution in [1.82, 2.24) is 10.2 Å². The van der Waals surface area contributed by atoms with Crippen LogP contribution in [0.25, 0.3) is 0 Å². The Kier molecular flexibility index (Phi) is 9.44. The fourth-order valence-electron chi connectivity index (χ4n) is 3.00. The SMILES string of the molecule is C=C(Cl)/C(N)=C(\C=C(/CCN1CCC[C@@H](NC(=O)OC(C)(C)C)C1)C(F)(F)F)C(=O)O. The number of halogens is 4. The molecule has 4 N–H and O–H groups in total. The summed E-state index contributed by atoms with van der Waals surface area (Å²) < 4.78 is 45.7. The molecule has 0 aromatic carbocycles. The summed E-state index contributed by atoms with van der Waals surface area (Å²) in [5.41, 5.74) is 2.49. The highest BCUT2D eigenvalue weighted by Crippen LogP contribution is 2.31. The second-order valence-corrected chi connectivity index (χ2v) is 8.70. The summed E-state index contributed by atoms with van der Waals surface area (Å²) in [5, 5.41) is 11.6. The molecule has 11 heteroatoms. The van der Waals surface area contributed by atoms with Crippen LogP contribution in [0.4, 0.5) is 18.0 Å². The molecule has 7 nitrogen and oxygen atoms in total. The van der Waals surface area contributed by atoms with Crippen molar-refractivity contribution in [3.8, 4) is 0 Å². The van der Waals surface area contributed by atoms with Crippen LogP contribution in [0.15, 0.2) is 34.5 Å². The number of aliphatic carboxylic acids is 1. The molecule has 0 radical (unpaired) electrons. The van der Waals surface area contributed by atoms with Gasteiger partial charge in [-0.2, -0.15) is 13.2 Å². The van der Waals surface area contributed by atoms with Gasteiger partial charge in [-0.3, -0.25) is 0 Å². The quantitative estimate of drug-likeness (QED) is 0.387. The molecule has 1 atom stereocenters. The maximum absolute atomic E-state index is 13.5. The lowest BCUT2D eigenvalue weighted by Crippen LogP contribution is -2.49. The summed E-state index contributed by atoms with van der Waals surface area (Å²) in [5.74, 6) is -1.64. The molecule has 1 amide bonds. The number of hydrogen-bond acceptors (Lipinski definition) is 5. The van der Waals surface area contributed by atoms with Crippen LogP contribution in [0.2, 0.25) is 0 Å². The molecule has 1 saturated heterocycles. The molecule has 0 spiro atoms. The third-order valence-electron chi connectivity index (χ3n) is 4.42. The van der Waals surface area contributed by atoms with Crippen molar-refractivity contribution in [2.45, 2.75) is 57.9 Å². The van der Waals surface area contributed by atoms with E-state index in [1.165, 1.54) is 0 Å². The Morgan fingerprint density at radius 2 is 1.97 bits per heavy atom. The van der Waals surface area contributed by atoms with E-state index in [4.69, 9.17) is 22.1 Å². The minimum atomic E-state index is -4.75. The van der Waals surface area contributed by atoms with Gasteiger partial charge in [0.1, 0.15) is 5.60 Å². The molecule has 0 unspecified atom stereocenters. The van der Waals surface area contributed by atoms with Crippen molar-refractivity contribution >= 4 is 23.7 Å². The maximum Gasteiger partial charge on any atom is 0.412 e. The van der Waals surface area contributed by atoms with Crippen molar-refractivity contribution in [2.75, 3.05) is 19.6 Å². The van der Waals surface area contributed by atoms with Gasteiger partial charge in [-0.15, -0.1) is 0 Å². The lowest BCUT2D eigenvalue weighted by Gasteiger charge is -2.33. The number of alkyl halides is 3. The third kappa shape index (κ3) is 9.65. The summed E-state index contributed by atoms with van der Waals surface area (Å²) in [6.07, 6.45) is -3.93. The Balaban J connectivity index is 2.88. The van der Waals surface area contributed by atoms with Crippen LogP contribution in [0, 0.1) is 0 Å². The Bertz CT molecular complexity index is 758. The molecule has 1 heterocycles. The molecular formula is C20H29ClF3N3O4. The smallest absolute Gasteiger partial charge is 0.412 e. The number of hydrogen-bond donors (Lipinski definition) is 3. The van der Waals surface area contributed by atoms with E-state index in [2.05, 4.69) is 11.9 Å². The van der Waals surface area contributed by atoms with Crippen LogP contribution in [-0.2, 0) is 9.53 Å². The molecule has 31 heavy (non-hydrogen) atoms. The predicted octanol–water partition coefficient (Wildman–Crippen LogP) is 3.90. The van der Waals surface area contributed by atoms with E-state index >= 15 is 0 Å². The number of carboxylic acids is 1. The molecular weight excluding hydrogens is 439 g/mol. The number of nitrogens with two attached hydrogens (primary N) is 1. The number of rotatable bonds is 7. The monoisotopic (exact) mass is 467 g/mol. The number of carbonyl (C=O) groups excluding carboxylic acids is 1. The first kappa shape index (κ1) is 26.8. The minimum absolute atomic E-state index is 0.0203. The van der Waals surface area contributed by atoms with E-state index in [-0.39, 0.29) is 17.6 Å². The Morgan fingerprint density at radius 1 is 1.35 bits per heavy atom. The molecule has 1 rings (SSSR count). The number of carboxylic acid groups (broad SMARTS) is 1. The van der Waals surface area contributed by atoms with Gasteiger partial charge in [0.2, 0.25) is 0 Å². The highest BCUT2D eigenvalue weighted by molar-refractivity contribution is 6.32. The molecule has 1 aliphatic heterocycles. The Hall–Kier alpha value is -2.20. The van der Waals surface area contributed by atoms with Gasteiger partial charge in [0, 0.05) is 24.7 Å². The van der Waals surface area contributed by atoms with E-state index in [1.807, 2.05) is 0 Å². The van der Waals surface area contributed by atoms with Gasteiger partial charge < -0.3 is 25.8 Å². The average molecular weight is 468 g/mol. The second kappa shape index (κ2) is 10.9. The van der Waals surface area contributed by atoms with Crippen molar-refractivity contribution in [3.63, 3.8) is 0 Å².